The molecule has 2 N–H and O–H groups in total. The van der Waals surface area contributed by atoms with Crippen LogP contribution in [0.25, 0.3) is 0 Å². The smallest absolute Gasteiger partial charge is 0.331 e. The third-order valence-electron chi connectivity index (χ3n) is 4.20. The standard InChI is InChI=1S/C20H23N3O4/c24-17(15-27-18-9-5-2-6-10-18)13-21-11-12-22-19(25)14-23(20(22)26)16-7-3-1-4-8-16/h1-10,17,21,24H,11-15H2. The minimum Gasteiger partial charge on any atom is -0.491 e. The summed E-state index contributed by atoms with van der Waals surface area (Å²) in [7, 11) is 0. The minimum atomic E-state index is -0.684. The number of rotatable bonds is 9. The van der Waals surface area contributed by atoms with Crippen LogP contribution in [-0.2, 0) is 4.79 Å². The molecule has 7 nitrogen and oxygen atoms in total. The molecule has 1 fully saturated rings. The topological polar surface area (TPSA) is 82.1 Å². The number of carbonyl (C=O) groups is 2. The van der Waals surface area contributed by atoms with E-state index in [0.717, 1.165) is 0 Å². The zero-order valence-corrected chi connectivity index (χ0v) is 15.0. The van der Waals surface area contributed by atoms with Gasteiger partial charge in [0.25, 0.3) is 5.91 Å². The molecule has 1 atom stereocenters. The Morgan fingerprint density at radius 1 is 1.04 bits per heavy atom. The number of aliphatic hydroxyl groups is 1. The number of hydrogen-bond donors (Lipinski definition) is 2. The van der Waals surface area contributed by atoms with Crippen LogP contribution in [0.15, 0.2) is 60.7 Å². The molecule has 27 heavy (non-hydrogen) atoms. The fourth-order valence-corrected chi connectivity index (χ4v) is 2.80. The number of nitrogens with one attached hydrogen (secondary N) is 1. The van der Waals surface area contributed by atoms with E-state index >= 15 is 0 Å². The van der Waals surface area contributed by atoms with Gasteiger partial charge in [-0.15, -0.1) is 0 Å². The summed E-state index contributed by atoms with van der Waals surface area (Å²) in [6, 6.07) is 18.1. The molecule has 0 spiro atoms. The maximum absolute atomic E-state index is 12.4. The van der Waals surface area contributed by atoms with Crippen molar-refractivity contribution in [1.82, 2.24) is 10.2 Å². The summed E-state index contributed by atoms with van der Waals surface area (Å²) >= 11 is 0. The second-order valence-electron chi connectivity index (χ2n) is 6.23. The summed E-state index contributed by atoms with van der Waals surface area (Å²) in [6.45, 7) is 1.19. The van der Waals surface area contributed by atoms with Crippen LogP contribution < -0.4 is 15.0 Å². The molecule has 2 aromatic rings. The highest BCUT2D eigenvalue weighted by atomic mass is 16.5. The lowest BCUT2D eigenvalue weighted by Crippen LogP contribution is -2.40. The van der Waals surface area contributed by atoms with Gasteiger partial charge < -0.3 is 15.2 Å². The van der Waals surface area contributed by atoms with Gasteiger partial charge in [0.05, 0.1) is 0 Å². The third-order valence-corrected chi connectivity index (χ3v) is 4.20. The Hall–Kier alpha value is -2.90. The van der Waals surface area contributed by atoms with Crippen molar-refractivity contribution in [3.63, 3.8) is 0 Å². The second kappa shape index (κ2) is 9.16. The van der Waals surface area contributed by atoms with Crippen molar-refractivity contribution in [2.24, 2.45) is 0 Å². The van der Waals surface area contributed by atoms with E-state index in [1.54, 1.807) is 12.1 Å². The highest BCUT2D eigenvalue weighted by Crippen LogP contribution is 2.20. The van der Waals surface area contributed by atoms with Crippen LogP contribution in [-0.4, -0.2) is 60.8 Å². The van der Waals surface area contributed by atoms with Crippen molar-refractivity contribution in [3.8, 4) is 5.75 Å². The first-order valence-electron chi connectivity index (χ1n) is 8.88. The quantitative estimate of drug-likeness (QED) is 0.517. The molecule has 0 saturated carbocycles. The van der Waals surface area contributed by atoms with Gasteiger partial charge in [-0.2, -0.15) is 0 Å². The average molecular weight is 369 g/mol. The summed E-state index contributed by atoms with van der Waals surface area (Å²) in [4.78, 5) is 27.3. The molecule has 142 valence electrons. The van der Waals surface area contributed by atoms with E-state index in [-0.39, 0.29) is 31.6 Å². The van der Waals surface area contributed by atoms with Crippen LogP contribution in [0, 0.1) is 0 Å². The zero-order chi connectivity index (χ0) is 19.1. The molecule has 1 aliphatic rings. The Balaban J connectivity index is 1.38. The van der Waals surface area contributed by atoms with Crippen molar-refractivity contribution in [1.29, 1.82) is 0 Å². The largest absolute Gasteiger partial charge is 0.491 e. The van der Waals surface area contributed by atoms with Crippen molar-refractivity contribution < 1.29 is 19.4 Å². The Morgan fingerprint density at radius 3 is 2.41 bits per heavy atom. The molecule has 0 radical (unpaired) electrons. The number of ether oxygens (including phenoxy) is 1. The Bertz CT molecular complexity index is 754. The van der Waals surface area contributed by atoms with E-state index in [2.05, 4.69) is 5.32 Å². The normalized spacial score (nSPS) is 15.3. The number of imide groups is 1. The fraction of sp³-hybridized carbons (Fsp3) is 0.300. The number of para-hydroxylation sites is 2. The molecule has 0 aromatic heterocycles. The van der Waals surface area contributed by atoms with E-state index in [4.69, 9.17) is 4.74 Å². The van der Waals surface area contributed by atoms with Gasteiger partial charge in [-0.05, 0) is 24.3 Å². The first kappa shape index (κ1) is 18.9. The van der Waals surface area contributed by atoms with Gasteiger partial charge in [0.2, 0.25) is 0 Å². The Labute approximate surface area is 158 Å². The predicted octanol–water partition coefficient (Wildman–Crippen LogP) is 1.48. The molecule has 3 rings (SSSR count). The van der Waals surface area contributed by atoms with Gasteiger partial charge in [0.15, 0.2) is 0 Å². The molecule has 1 aliphatic heterocycles. The van der Waals surface area contributed by atoms with Gasteiger partial charge in [0.1, 0.15) is 25.0 Å². The molecule has 0 bridgehead atoms. The van der Waals surface area contributed by atoms with Crippen molar-refractivity contribution in [2.75, 3.05) is 37.7 Å². The maximum atomic E-state index is 12.4. The maximum Gasteiger partial charge on any atom is 0.331 e. The lowest BCUT2D eigenvalue weighted by molar-refractivity contribution is -0.124. The van der Waals surface area contributed by atoms with Crippen LogP contribution in [0.2, 0.25) is 0 Å². The second-order valence-corrected chi connectivity index (χ2v) is 6.23. The van der Waals surface area contributed by atoms with Crippen molar-refractivity contribution >= 4 is 17.6 Å². The molecule has 1 unspecified atom stereocenters. The highest BCUT2D eigenvalue weighted by Gasteiger charge is 2.36. The average Bonchev–Trinajstić information content (AvgIpc) is 2.99. The molecular weight excluding hydrogens is 346 g/mol. The third kappa shape index (κ3) is 5.06. The summed E-state index contributed by atoms with van der Waals surface area (Å²) < 4.78 is 5.48. The van der Waals surface area contributed by atoms with Crippen LogP contribution >= 0.6 is 0 Å². The summed E-state index contributed by atoms with van der Waals surface area (Å²) in [5.41, 5.74) is 0.708. The highest BCUT2D eigenvalue weighted by molar-refractivity contribution is 6.12. The summed E-state index contributed by atoms with van der Waals surface area (Å²) in [5.74, 6) is 0.476. The Morgan fingerprint density at radius 2 is 1.70 bits per heavy atom. The summed E-state index contributed by atoms with van der Waals surface area (Å²) in [6.07, 6.45) is -0.684. The van der Waals surface area contributed by atoms with Gasteiger partial charge in [-0.1, -0.05) is 36.4 Å². The van der Waals surface area contributed by atoms with Crippen molar-refractivity contribution in [3.05, 3.63) is 60.7 Å². The number of anilines is 1. The molecule has 3 amide bonds. The van der Waals surface area contributed by atoms with Crippen LogP contribution in [0.1, 0.15) is 0 Å². The van der Waals surface area contributed by atoms with Gasteiger partial charge in [-0.25, -0.2) is 4.79 Å². The number of urea groups is 1. The SMILES string of the molecule is O=C1CN(c2ccccc2)C(=O)N1CCNCC(O)COc1ccccc1. The van der Waals surface area contributed by atoms with E-state index < -0.39 is 6.10 Å². The number of hydrogen-bond acceptors (Lipinski definition) is 5. The minimum absolute atomic E-state index is 0.0520. The van der Waals surface area contributed by atoms with Gasteiger partial charge >= 0.3 is 6.03 Å². The summed E-state index contributed by atoms with van der Waals surface area (Å²) in [5, 5.41) is 13.0. The fourth-order valence-electron chi connectivity index (χ4n) is 2.80. The monoisotopic (exact) mass is 369 g/mol. The molecule has 0 aliphatic carbocycles. The lowest BCUT2D eigenvalue weighted by atomic mass is 10.3. The molecule has 1 heterocycles. The van der Waals surface area contributed by atoms with Crippen LogP contribution in [0.5, 0.6) is 5.75 Å². The lowest BCUT2D eigenvalue weighted by Gasteiger charge is -2.18. The van der Waals surface area contributed by atoms with Crippen LogP contribution in [0.4, 0.5) is 10.5 Å². The first-order chi connectivity index (χ1) is 13.1. The molecule has 2 aromatic carbocycles. The molecular formula is C20H23N3O4. The zero-order valence-electron chi connectivity index (χ0n) is 15.0. The van der Waals surface area contributed by atoms with Crippen molar-refractivity contribution in [2.45, 2.75) is 6.10 Å². The van der Waals surface area contributed by atoms with Gasteiger partial charge in [-0.3, -0.25) is 14.6 Å². The number of benzene rings is 2. The van der Waals surface area contributed by atoms with E-state index in [9.17, 15) is 14.7 Å². The number of amides is 3. The van der Waals surface area contributed by atoms with Crippen LogP contribution in [0.3, 0.4) is 0 Å². The Kier molecular flexibility index (Phi) is 6.40. The predicted molar refractivity (Wildman–Crippen MR) is 102 cm³/mol. The number of nitrogens with zero attached hydrogens (tertiary/aromatic N) is 2. The van der Waals surface area contributed by atoms with Gasteiger partial charge in [0, 0.05) is 25.3 Å². The van der Waals surface area contributed by atoms with E-state index in [0.29, 0.717) is 24.5 Å². The first-order valence-corrected chi connectivity index (χ1v) is 8.88. The molecule has 7 heteroatoms. The van der Waals surface area contributed by atoms with E-state index in [1.807, 2.05) is 48.5 Å². The van der Waals surface area contributed by atoms with E-state index in [1.165, 1.54) is 9.80 Å². The number of carbonyl (C=O) groups excluding carboxylic acids is 2. The molecule has 1 saturated heterocycles. The number of aliphatic hydroxyl groups excluding tert-OH is 1.